The number of amides is 1. The van der Waals surface area contributed by atoms with Crippen LogP contribution in [0.1, 0.15) is 24.5 Å². The van der Waals surface area contributed by atoms with Crippen molar-refractivity contribution in [2.45, 2.75) is 32.2 Å². The summed E-state index contributed by atoms with van der Waals surface area (Å²) in [5, 5.41) is 2.97. The Kier molecular flexibility index (Phi) is 3.79. The van der Waals surface area contributed by atoms with Gasteiger partial charge in [0, 0.05) is 19.0 Å². The van der Waals surface area contributed by atoms with Gasteiger partial charge in [-0.1, -0.05) is 24.3 Å². The summed E-state index contributed by atoms with van der Waals surface area (Å²) >= 11 is 0. The lowest BCUT2D eigenvalue weighted by molar-refractivity contribution is -0.121. The maximum Gasteiger partial charge on any atom is 0.221 e. The lowest BCUT2D eigenvalue weighted by Crippen LogP contribution is -2.33. The normalized spacial score (nSPS) is 16.6. The Hall–Kier alpha value is -1.35. The van der Waals surface area contributed by atoms with E-state index in [1.165, 1.54) is 11.1 Å². The van der Waals surface area contributed by atoms with Gasteiger partial charge < -0.3 is 11.1 Å². The molecule has 0 heterocycles. The van der Waals surface area contributed by atoms with Crippen molar-refractivity contribution in [3.05, 3.63) is 35.4 Å². The van der Waals surface area contributed by atoms with Gasteiger partial charge in [0.15, 0.2) is 0 Å². The molecule has 2 rings (SSSR count). The zero-order chi connectivity index (χ0) is 12.3. The maximum atomic E-state index is 11.5. The van der Waals surface area contributed by atoms with E-state index < -0.39 is 0 Å². The molecule has 0 aromatic heterocycles. The molecule has 92 valence electrons. The molecular weight excluding hydrogens is 212 g/mol. The van der Waals surface area contributed by atoms with Crippen LogP contribution in [0.4, 0.5) is 0 Å². The summed E-state index contributed by atoms with van der Waals surface area (Å²) < 4.78 is 0. The molecule has 3 nitrogen and oxygen atoms in total. The third-order valence-corrected chi connectivity index (χ3v) is 3.23. The molecule has 0 bridgehead atoms. The van der Waals surface area contributed by atoms with Gasteiger partial charge in [0.1, 0.15) is 0 Å². The molecule has 1 aromatic carbocycles. The molecule has 1 amide bonds. The third-order valence-electron chi connectivity index (χ3n) is 3.23. The van der Waals surface area contributed by atoms with E-state index in [0.29, 0.717) is 12.3 Å². The van der Waals surface area contributed by atoms with E-state index in [-0.39, 0.29) is 11.9 Å². The largest absolute Gasteiger partial charge is 0.356 e. The van der Waals surface area contributed by atoms with Crippen LogP contribution in [0.2, 0.25) is 0 Å². The summed E-state index contributed by atoms with van der Waals surface area (Å²) in [4.78, 5) is 11.5. The highest BCUT2D eigenvalue weighted by molar-refractivity contribution is 5.76. The van der Waals surface area contributed by atoms with Crippen molar-refractivity contribution < 1.29 is 4.79 Å². The Morgan fingerprint density at radius 1 is 1.41 bits per heavy atom. The van der Waals surface area contributed by atoms with E-state index in [4.69, 9.17) is 5.73 Å². The summed E-state index contributed by atoms with van der Waals surface area (Å²) in [6, 6.07) is 8.46. The predicted octanol–water partition coefficient (Wildman–Crippen LogP) is 1.25. The average Bonchev–Trinajstić information content (AvgIpc) is 2.68. The van der Waals surface area contributed by atoms with Gasteiger partial charge in [0.25, 0.3) is 0 Å². The molecule has 0 saturated carbocycles. The molecule has 3 N–H and O–H groups in total. The van der Waals surface area contributed by atoms with E-state index in [2.05, 4.69) is 29.6 Å². The molecule has 3 heteroatoms. The number of hydrogen-bond donors (Lipinski definition) is 2. The highest BCUT2D eigenvalue weighted by atomic mass is 16.1. The molecule has 0 fully saturated rings. The lowest BCUT2D eigenvalue weighted by atomic mass is 10.1. The van der Waals surface area contributed by atoms with Gasteiger partial charge in [-0.25, -0.2) is 0 Å². The van der Waals surface area contributed by atoms with E-state index in [1.54, 1.807) is 0 Å². The van der Waals surface area contributed by atoms with E-state index >= 15 is 0 Å². The van der Waals surface area contributed by atoms with E-state index in [9.17, 15) is 4.79 Å². The molecule has 17 heavy (non-hydrogen) atoms. The second-order valence-electron chi connectivity index (χ2n) is 5.03. The molecule has 0 radical (unpaired) electrons. The second-order valence-corrected chi connectivity index (χ2v) is 5.03. The first-order valence-electron chi connectivity index (χ1n) is 6.24. The van der Waals surface area contributed by atoms with Crippen LogP contribution in [0.3, 0.4) is 0 Å². The van der Waals surface area contributed by atoms with Gasteiger partial charge in [0.2, 0.25) is 5.91 Å². The van der Waals surface area contributed by atoms with Crippen molar-refractivity contribution in [1.82, 2.24) is 5.32 Å². The number of rotatable bonds is 4. The minimum Gasteiger partial charge on any atom is -0.356 e. The van der Waals surface area contributed by atoms with Crippen LogP contribution in [-0.4, -0.2) is 18.5 Å². The fourth-order valence-corrected chi connectivity index (χ4v) is 2.42. The van der Waals surface area contributed by atoms with Crippen LogP contribution in [0.5, 0.6) is 0 Å². The maximum absolute atomic E-state index is 11.5. The highest BCUT2D eigenvalue weighted by Crippen LogP contribution is 2.25. The minimum absolute atomic E-state index is 0.0595. The monoisotopic (exact) mass is 232 g/mol. The van der Waals surface area contributed by atoms with Crippen molar-refractivity contribution in [2.75, 3.05) is 6.54 Å². The zero-order valence-corrected chi connectivity index (χ0v) is 10.3. The molecule has 0 aliphatic heterocycles. The van der Waals surface area contributed by atoms with Crippen LogP contribution < -0.4 is 11.1 Å². The van der Waals surface area contributed by atoms with Crippen LogP contribution in [0.15, 0.2) is 24.3 Å². The molecule has 1 unspecified atom stereocenters. The van der Waals surface area contributed by atoms with Gasteiger partial charge in [-0.3, -0.25) is 4.79 Å². The van der Waals surface area contributed by atoms with Gasteiger partial charge >= 0.3 is 0 Å². The Bertz CT molecular complexity index is 376. The Labute approximate surface area is 102 Å². The van der Waals surface area contributed by atoms with Crippen molar-refractivity contribution in [3.63, 3.8) is 0 Å². The van der Waals surface area contributed by atoms with Crippen LogP contribution in [0, 0.1) is 5.92 Å². The van der Waals surface area contributed by atoms with Gasteiger partial charge in [-0.2, -0.15) is 0 Å². The molecule has 1 atom stereocenters. The smallest absolute Gasteiger partial charge is 0.221 e. The van der Waals surface area contributed by atoms with Crippen LogP contribution in [-0.2, 0) is 17.6 Å². The number of fused-ring (bicyclic) bond motifs is 1. The first-order valence-corrected chi connectivity index (χ1v) is 6.24. The van der Waals surface area contributed by atoms with Gasteiger partial charge in [0.05, 0.1) is 0 Å². The number of nitrogens with two attached hydrogens (primary N) is 1. The summed E-state index contributed by atoms with van der Waals surface area (Å²) in [5.74, 6) is 0.611. The molecule has 1 aliphatic rings. The highest BCUT2D eigenvalue weighted by Gasteiger charge is 2.21. The average molecular weight is 232 g/mol. The topological polar surface area (TPSA) is 55.1 Å². The van der Waals surface area contributed by atoms with E-state index in [1.807, 2.05) is 6.92 Å². The predicted molar refractivity (Wildman–Crippen MR) is 68.6 cm³/mol. The quantitative estimate of drug-likeness (QED) is 0.821. The fraction of sp³-hybridized carbons (Fsp3) is 0.500. The summed E-state index contributed by atoms with van der Waals surface area (Å²) in [6.07, 6.45) is 2.57. The number of hydrogen-bond acceptors (Lipinski definition) is 2. The number of benzene rings is 1. The number of carbonyl (C=O) groups excluding carboxylic acids is 1. The minimum atomic E-state index is -0.0595. The summed E-state index contributed by atoms with van der Waals surface area (Å²) in [7, 11) is 0. The molecule has 1 aliphatic carbocycles. The third kappa shape index (κ3) is 3.30. The SMILES string of the molecule is CC(N)CC(=O)NCC1Cc2ccccc2C1. The lowest BCUT2D eigenvalue weighted by Gasteiger charge is -2.11. The van der Waals surface area contributed by atoms with Gasteiger partial charge in [-0.05, 0) is 36.8 Å². The first kappa shape index (κ1) is 12.1. The fourth-order valence-electron chi connectivity index (χ4n) is 2.42. The first-order chi connectivity index (χ1) is 8.15. The van der Waals surface area contributed by atoms with Crippen molar-refractivity contribution in [2.24, 2.45) is 11.7 Å². The standard InChI is InChI=1S/C14H20N2O/c1-10(15)6-14(17)16-9-11-7-12-4-2-3-5-13(12)8-11/h2-5,10-11H,6-9,15H2,1H3,(H,16,17). The van der Waals surface area contributed by atoms with E-state index in [0.717, 1.165) is 19.4 Å². The molecule has 0 spiro atoms. The van der Waals surface area contributed by atoms with Crippen molar-refractivity contribution in [1.29, 1.82) is 0 Å². The van der Waals surface area contributed by atoms with Crippen molar-refractivity contribution in [3.8, 4) is 0 Å². The molecule has 1 aromatic rings. The zero-order valence-electron chi connectivity index (χ0n) is 10.3. The number of carbonyl (C=O) groups is 1. The molecule has 0 saturated heterocycles. The van der Waals surface area contributed by atoms with Crippen LogP contribution in [0.25, 0.3) is 0 Å². The molecular formula is C14H20N2O. The summed E-state index contributed by atoms with van der Waals surface area (Å²) in [5.41, 5.74) is 8.44. The van der Waals surface area contributed by atoms with Crippen LogP contribution >= 0.6 is 0 Å². The van der Waals surface area contributed by atoms with Crippen molar-refractivity contribution >= 4 is 5.91 Å². The Morgan fingerprint density at radius 3 is 2.53 bits per heavy atom. The second kappa shape index (κ2) is 5.32. The Balaban J connectivity index is 1.78. The number of nitrogens with one attached hydrogen (secondary N) is 1. The Morgan fingerprint density at radius 2 is 2.00 bits per heavy atom. The summed E-state index contributed by atoms with van der Waals surface area (Å²) in [6.45, 7) is 2.62. The van der Waals surface area contributed by atoms with Gasteiger partial charge in [-0.15, -0.1) is 0 Å².